The van der Waals surface area contributed by atoms with Gasteiger partial charge in [-0.25, -0.2) is 0 Å². The van der Waals surface area contributed by atoms with E-state index in [4.69, 9.17) is 4.74 Å². The standard InChI is InChI=1S/C12H14N4O2/c1-3-18-10-5-4-9(15-16-10)12-11(8(2)17)13-6-7-14-12/h4-8,17H,3H2,1-2H3. The van der Waals surface area contributed by atoms with Crippen molar-refractivity contribution in [2.45, 2.75) is 20.0 Å². The Morgan fingerprint density at radius 1 is 1.22 bits per heavy atom. The van der Waals surface area contributed by atoms with Crippen LogP contribution in [0.5, 0.6) is 5.88 Å². The highest BCUT2D eigenvalue weighted by Crippen LogP contribution is 2.22. The summed E-state index contributed by atoms with van der Waals surface area (Å²) in [5, 5.41) is 17.6. The molecule has 0 fully saturated rings. The van der Waals surface area contributed by atoms with Crippen molar-refractivity contribution in [3.8, 4) is 17.3 Å². The van der Waals surface area contributed by atoms with Crippen molar-refractivity contribution in [1.82, 2.24) is 20.2 Å². The summed E-state index contributed by atoms with van der Waals surface area (Å²) in [6, 6.07) is 3.46. The molecule has 0 aliphatic rings. The maximum atomic E-state index is 9.63. The van der Waals surface area contributed by atoms with Crippen LogP contribution in [0.25, 0.3) is 11.4 Å². The molecular formula is C12H14N4O2. The van der Waals surface area contributed by atoms with Gasteiger partial charge in [-0.2, -0.15) is 0 Å². The molecule has 0 saturated carbocycles. The zero-order valence-electron chi connectivity index (χ0n) is 10.2. The molecule has 1 N–H and O–H groups in total. The second kappa shape index (κ2) is 5.50. The van der Waals surface area contributed by atoms with Gasteiger partial charge in [0.05, 0.1) is 18.4 Å². The topological polar surface area (TPSA) is 81.0 Å². The van der Waals surface area contributed by atoms with Crippen LogP contribution in [0.15, 0.2) is 24.5 Å². The van der Waals surface area contributed by atoms with Crippen molar-refractivity contribution < 1.29 is 9.84 Å². The van der Waals surface area contributed by atoms with Crippen molar-refractivity contribution in [1.29, 1.82) is 0 Å². The normalized spacial score (nSPS) is 12.2. The Morgan fingerprint density at radius 3 is 2.61 bits per heavy atom. The molecule has 1 atom stereocenters. The van der Waals surface area contributed by atoms with Gasteiger partial charge in [0, 0.05) is 18.5 Å². The Morgan fingerprint density at radius 2 is 2.00 bits per heavy atom. The van der Waals surface area contributed by atoms with Crippen LogP contribution in [0, 0.1) is 0 Å². The molecule has 1 unspecified atom stereocenters. The first kappa shape index (κ1) is 12.4. The lowest BCUT2D eigenvalue weighted by atomic mass is 10.1. The van der Waals surface area contributed by atoms with Gasteiger partial charge in [-0.05, 0) is 19.9 Å². The Kier molecular flexibility index (Phi) is 3.78. The van der Waals surface area contributed by atoms with E-state index in [9.17, 15) is 5.11 Å². The Bertz CT molecular complexity index is 514. The molecule has 6 nitrogen and oxygen atoms in total. The lowest BCUT2D eigenvalue weighted by molar-refractivity contribution is 0.194. The van der Waals surface area contributed by atoms with E-state index in [1.165, 1.54) is 6.20 Å². The van der Waals surface area contributed by atoms with Crippen LogP contribution >= 0.6 is 0 Å². The van der Waals surface area contributed by atoms with Gasteiger partial charge in [0.15, 0.2) is 0 Å². The fourth-order valence-electron chi connectivity index (χ4n) is 1.52. The molecule has 2 heterocycles. The molecule has 0 aliphatic carbocycles. The van der Waals surface area contributed by atoms with Crippen LogP contribution in [-0.2, 0) is 0 Å². The van der Waals surface area contributed by atoms with Gasteiger partial charge in [0.1, 0.15) is 11.4 Å². The molecule has 18 heavy (non-hydrogen) atoms. The summed E-state index contributed by atoms with van der Waals surface area (Å²) in [7, 11) is 0. The highest BCUT2D eigenvalue weighted by atomic mass is 16.5. The molecule has 0 bridgehead atoms. The van der Waals surface area contributed by atoms with E-state index >= 15 is 0 Å². The van der Waals surface area contributed by atoms with E-state index in [1.807, 2.05) is 6.92 Å². The van der Waals surface area contributed by atoms with E-state index < -0.39 is 6.10 Å². The number of hydrogen-bond acceptors (Lipinski definition) is 6. The van der Waals surface area contributed by atoms with Crippen LogP contribution in [0.2, 0.25) is 0 Å². The van der Waals surface area contributed by atoms with Gasteiger partial charge in [-0.15, -0.1) is 10.2 Å². The van der Waals surface area contributed by atoms with Gasteiger partial charge >= 0.3 is 0 Å². The van der Waals surface area contributed by atoms with E-state index in [2.05, 4.69) is 20.2 Å². The van der Waals surface area contributed by atoms with Gasteiger partial charge in [0.2, 0.25) is 5.88 Å². The minimum atomic E-state index is -0.706. The van der Waals surface area contributed by atoms with Crippen molar-refractivity contribution in [2.24, 2.45) is 0 Å². The monoisotopic (exact) mass is 246 g/mol. The molecule has 0 radical (unpaired) electrons. The van der Waals surface area contributed by atoms with Crippen molar-refractivity contribution in [3.05, 3.63) is 30.2 Å². The predicted octanol–water partition coefficient (Wildman–Crippen LogP) is 1.39. The third kappa shape index (κ3) is 2.60. The molecule has 2 rings (SSSR count). The van der Waals surface area contributed by atoms with Crippen LogP contribution in [0.3, 0.4) is 0 Å². The minimum Gasteiger partial charge on any atom is -0.477 e. The second-order valence-electron chi connectivity index (χ2n) is 3.66. The molecular weight excluding hydrogens is 232 g/mol. The molecule has 2 aromatic heterocycles. The number of hydrogen-bond donors (Lipinski definition) is 1. The summed E-state index contributed by atoms with van der Waals surface area (Å²) in [4.78, 5) is 8.28. The minimum absolute atomic E-state index is 0.462. The van der Waals surface area contributed by atoms with Crippen LogP contribution in [-0.4, -0.2) is 31.9 Å². The Balaban J connectivity index is 2.36. The molecule has 0 amide bonds. The first-order valence-electron chi connectivity index (χ1n) is 5.68. The fourth-order valence-corrected chi connectivity index (χ4v) is 1.52. The molecule has 0 aromatic carbocycles. The van der Waals surface area contributed by atoms with Gasteiger partial charge in [-0.1, -0.05) is 0 Å². The lowest BCUT2D eigenvalue weighted by Gasteiger charge is -2.08. The number of aliphatic hydroxyl groups excluding tert-OH is 1. The van der Waals surface area contributed by atoms with E-state index in [1.54, 1.807) is 25.3 Å². The summed E-state index contributed by atoms with van der Waals surface area (Å²) in [6.45, 7) is 4.05. The number of nitrogens with zero attached hydrogens (tertiary/aromatic N) is 4. The highest BCUT2D eigenvalue weighted by Gasteiger charge is 2.13. The Labute approximate surface area is 105 Å². The number of aromatic nitrogens is 4. The van der Waals surface area contributed by atoms with Crippen molar-refractivity contribution in [3.63, 3.8) is 0 Å². The van der Waals surface area contributed by atoms with E-state index in [0.717, 1.165) is 0 Å². The van der Waals surface area contributed by atoms with Crippen LogP contribution < -0.4 is 4.74 Å². The summed E-state index contributed by atoms with van der Waals surface area (Å²) in [5.41, 5.74) is 1.57. The SMILES string of the molecule is CCOc1ccc(-c2nccnc2C(C)O)nn1. The number of rotatable bonds is 4. The zero-order chi connectivity index (χ0) is 13.0. The quantitative estimate of drug-likeness (QED) is 0.877. The van der Waals surface area contributed by atoms with Crippen molar-refractivity contribution in [2.75, 3.05) is 6.61 Å². The third-order valence-corrected chi connectivity index (χ3v) is 2.30. The molecule has 2 aromatic rings. The fraction of sp³-hybridized carbons (Fsp3) is 0.333. The van der Waals surface area contributed by atoms with Crippen LogP contribution in [0.1, 0.15) is 25.6 Å². The third-order valence-electron chi connectivity index (χ3n) is 2.30. The lowest BCUT2D eigenvalue weighted by Crippen LogP contribution is -2.03. The Hall–Kier alpha value is -2.08. The molecule has 0 aliphatic heterocycles. The summed E-state index contributed by atoms with van der Waals surface area (Å²) in [6.07, 6.45) is 2.38. The second-order valence-corrected chi connectivity index (χ2v) is 3.66. The van der Waals surface area contributed by atoms with E-state index in [-0.39, 0.29) is 0 Å². The van der Waals surface area contributed by atoms with Gasteiger partial charge < -0.3 is 9.84 Å². The number of aliphatic hydroxyl groups is 1. The maximum Gasteiger partial charge on any atom is 0.233 e. The van der Waals surface area contributed by atoms with Crippen LogP contribution in [0.4, 0.5) is 0 Å². The van der Waals surface area contributed by atoms with Crippen molar-refractivity contribution >= 4 is 0 Å². The molecule has 0 saturated heterocycles. The average molecular weight is 246 g/mol. The largest absolute Gasteiger partial charge is 0.477 e. The van der Waals surface area contributed by atoms with Gasteiger partial charge in [-0.3, -0.25) is 9.97 Å². The van der Waals surface area contributed by atoms with E-state index in [0.29, 0.717) is 29.6 Å². The molecule has 6 heteroatoms. The average Bonchev–Trinajstić information content (AvgIpc) is 2.40. The highest BCUT2D eigenvalue weighted by molar-refractivity contribution is 5.56. The number of ether oxygens (including phenoxy) is 1. The maximum absolute atomic E-state index is 9.63. The first-order chi connectivity index (χ1) is 8.72. The zero-order valence-corrected chi connectivity index (χ0v) is 10.2. The molecule has 94 valence electrons. The first-order valence-corrected chi connectivity index (χ1v) is 5.68. The summed E-state index contributed by atoms with van der Waals surface area (Å²) < 4.78 is 5.22. The predicted molar refractivity (Wildman–Crippen MR) is 64.9 cm³/mol. The van der Waals surface area contributed by atoms with Gasteiger partial charge in [0.25, 0.3) is 0 Å². The summed E-state index contributed by atoms with van der Waals surface area (Å²) in [5.74, 6) is 0.462. The summed E-state index contributed by atoms with van der Waals surface area (Å²) >= 11 is 0. The molecule has 0 spiro atoms. The smallest absolute Gasteiger partial charge is 0.233 e.